The van der Waals surface area contributed by atoms with Gasteiger partial charge in [-0.25, -0.2) is 4.79 Å². The molecule has 3 rings (SSSR count). The summed E-state index contributed by atoms with van der Waals surface area (Å²) in [5.74, 6) is 0.00422. The molecule has 21 heavy (non-hydrogen) atoms. The number of benzene rings is 1. The van der Waals surface area contributed by atoms with Crippen LogP contribution in [0.25, 0.3) is 11.0 Å². The summed E-state index contributed by atoms with van der Waals surface area (Å²) in [5.41, 5.74) is 2.25. The zero-order valence-corrected chi connectivity index (χ0v) is 11.8. The number of fused-ring (bicyclic) bond motifs is 1. The predicted octanol–water partition coefficient (Wildman–Crippen LogP) is 1.43. The van der Waals surface area contributed by atoms with E-state index in [4.69, 9.17) is 4.74 Å². The molecular formula is C15H19N3O3. The van der Waals surface area contributed by atoms with Crippen LogP contribution in [-0.2, 0) is 16.1 Å². The summed E-state index contributed by atoms with van der Waals surface area (Å²) in [6.07, 6.45) is 3.66. The molecule has 0 aliphatic carbocycles. The van der Waals surface area contributed by atoms with Crippen LogP contribution in [0.1, 0.15) is 31.2 Å². The summed E-state index contributed by atoms with van der Waals surface area (Å²) >= 11 is 0. The molecule has 1 fully saturated rings. The molecule has 0 spiro atoms. The van der Waals surface area contributed by atoms with Crippen molar-refractivity contribution in [2.24, 2.45) is 0 Å². The lowest BCUT2D eigenvalue weighted by Gasteiger charge is -2.21. The van der Waals surface area contributed by atoms with Gasteiger partial charge in [0.2, 0.25) is 5.91 Å². The Labute approximate surface area is 121 Å². The number of H-pyrrole nitrogens is 2. The molecule has 2 heterocycles. The lowest BCUT2D eigenvalue weighted by atomic mass is 10.1. The third-order valence-electron chi connectivity index (χ3n) is 3.76. The molecule has 3 N–H and O–H groups in total. The summed E-state index contributed by atoms with van der Waals surface area (Å²) in [5, 5.41) is 2.90. The largest absolute Gasteiger partial charge is 0.378 e. The van der Waals surface area contributed by atoms with E-state index >= 15 is 0 Å². The van der Waals surface area contributed by atoms with Crippen molar-refractivity contribution in [2.75, 3.05) is 6.61 Å². The van der Waals surface area contributed by atoms with Crippen molar-refractivity contribution in [1.29, 1.82) is 0 Å². The van der Waals surface area contributed by atoms with Crippen molar-refractivity contribution in [3.05, 3.63) is 34.2 Å². The number of hydrogen-bond acceptors (Lipinski definition) is 3. The number of nitrogens with one attached hydrogen (secondary N) is 3. The number of ether oxygens (including phenoxy) is 1. The SMILES string of the molecule is O=C(C[C@H]1CCCCO1)NCc1ccc2[nH]c(=O)[nH]c2c1. The number of amides is 1. The number of hydrogen-bond donors (Lipinski definition) is 3. The van der Waals surface area contributed by atoms with Crippen molar-refractivity contribution in [2.45, 2.75) is 38.3 Å². The minimum atomic E-state index is -0.222. The molecular weight excluding hydrogens is 270 g/mol. The highest BCUT2D eigenvalue weighted by molar-refractivity contribution is 5.77. The summed E-state index contributed by atoms with van der Waals surface area (Å²) < 4.78 is 5.56. The second-order valence-corrected chi connectivity index (χ2v) is 5.43. The Morgan fingerprint density at radius 2 is 2.14 bits per heavy atom. The molecule has 1 saturated heterocycles. The van der Waals surface area contributed by atoms with E-state index in [0.29, 0.717) is 13.0 Å². The number of imidazole rings is 1. The fraction of sp³-hybridized carbons (Fsp3) is 0.467. The monoisotopic (exact) mass is 289 g/mol. The molecule has 112 valence electrons. The molecule has 1 aromatic heterocycles. The normalized spacial score (nSPS) is 18.8. The van der Waals surface area contributed by atoms with Crippen LogP contribution in [0.2, 0.25) is 0 Å². The Balaban J connectivity index is 1.55. The van der Waals surface area contributed by atoms with Crippen LogP contribution >= 0.6 is 0 Å². The number of aromatic nitrogens is 2. The van der Waals surface area contributed by atoms with Crippen LogP contribution in [-0.4, -0.2) is 28.6 Å². The Morgan fingerprint density at radius 1 is 1.29 bits per heavy atom. The second kappa shape index (κ2) is 6.13. The van der Waals surface area contributed by atoms with E-state index in [0.717, 1.165) is 42.5 Å². The van der Waals surface area contributed by atoms with Gasteiger partial charge in [-0.3, -0.25) is 4.79 Å². The van der Waals surface area contributed by atoms with Gasteiger partial charge in [0, 0.05) is 13.2 Å². The van der Waals surface area contributed by atoms with Crippen LogP contribution in [0.3, 0.4) is 0 Å². The number of carbonyl (C=O) groups excluding carboxylic acids is 1. The number of aromatic amines is 2. The van der Waals surface area contributed by atoms with Gasteiger partial charge in [-0.1, -0.05) is 6.07 Å². The van der Waals surface area contributed by atoms with E-state index in [1.807, 2.05) is 18.2 Å². The van der Waals surface area contributed by atoms with Gasteiger partial charge in [-0.15, -0.1) is 0 Å². The van der Waals surface area contributed by atoms with E-state index in [1.165, 1.54) is 0 Å². The first-order valence-corrected chi connectivity index (χ1v) is 7.30. The van der Waals surface area contributed by atoms with Gasteiger partial charge in [-0.05, 0) is 37.0 Å². The van der Waals surface area contributed by atoms with Crippen LogP contribution < -0.4 is 11.0 Å². The molecule has 1 aliphatic rings. The first-order chi connectivity index (χ1) is 10.2. The highest BCUT2D eigenvalue weighted by atomic mass is 16.5. The van der Waals surface area contributed by atoms with E-state index in [1.54, 1.807) is 0 Å². The number of rotatable bonds is 4. The highest BCUT2D eigenvalue weighted by Crippen LogP contribution is 2.15. The van der Waals surface area contributed by atoms with Gasteiger partial charge in [0.05, 0.1) is 23.6 Å². The summed E-state index contributed by atoms with van der Waals surface area (Å²) in [6, 6.07) is 5.59. The summed E-state index contributed by atoms with van der Waals surface area (Å²) in [7, 11) is 0. The Bertz CT molecular complexity index is 683. The summed E-state index contributed by atoms with van der Waals surface area (Å²) in [4.78, 5) is 28.5. The fourth-order valence-corrected chi connectivity index (χ4v) is 2.64. The zero-order valence-electron chi connectivity index (χ0n) is 11.8. The lowest BCUT2D eigenvalue weighted by molar-refractivity contribution is -0.125. The van der Waals surface area contributed by atoms with Gasteiger partial charge < -0.3 is 20.0 Å². The first-order valence-electron chi connectivity index (χ1n) is 7.30. The molecule has 1 aromatic carbocycles. The Kier molecular flexibility index (Phi) is 4.06. The quantitative estimate of drug-likeness (QED) is 0.795. The molecule has 1 aliphatic heterocycles. The molecule has 6 heteroatoms. The second-order valence-electron chi connectivity index (χ2n) is 5.43. The van der Waals surface area contributed by atoms with Crippen LogP contribution in [0.5, 0.6) is 0 Å². The Morgan fingerprint density at radius 3 is 2.95 bits per heavy atom. The molecule has 1 atom stereocenters. The van der Waals surface area contributed by atoms with Gasteiger partial charge in [0.15, 0.2) is 0 Å². The fourth-order valence-electron chi connectivity index (χ4n) is 2.64. The van der Waals surface area contributed by atoms with Crippen LogP contribution in [0, 0.1) is 0 Å². The van der Waals surface area contributed by atoms with Crippen molar-refractivity contribution in [1.82, 2.24) is 15.3 Å². The van der Waals surface area contributed by atoms with Crippen molar-refractivity contribution < 1.29 is 9.53 Å². The lowest BCUT2D eigenvalue weighted by Crippen LogP contribution is -2.30. The maximum Gasteiger partial charge on any atom is 0.323 e. The molecule has 1 amide bonds. The standard InChI is InChI=1S/C15H19N3O3/c19-14(8-11-3-1-2-6-21-11)16-9-10-4-5-12-13(7-10)18-15(20)17-12/h4-5,7,11H,1-3,6,8-9H2,(H,16,19)(H2,17,18,20)/t11-/m1/s1. The topological polar surface area (TPSA) is 87.0 Å². The average molecular weight is 289 g/mol. The molecule has 6 nitrogen and oxygen atoms in total. The predicted molar refractivity (Wildman–Crippen MR) is 79.0 cm³/mol. The number of carbonyl (C=O) groups is 1. The van der Waals surface area contributed by atoms with E-state index in [9.17, 15) is 9.59 Å². The first kappa shape index (κ1) is 13.9. The third-order valence-corrected chi connectivity index (χ3v) is 3.76. The third kappa shape index (κ3) is 3.52. The highest BCUT2D eigenvalue weighted by Gasteiger charge is 2.17. The van der Waals surface area contributed by atoms with E-state index < -0.39 is 0 Å². The van der Waals surface area contributed by atoms with Gasteiger partial charge in [0.1, 0.15) is 0 Å². The van der Waals surface area contributed by atoms with Gasteiger partial charge in [-0.2, -0.15) is 0 Å². The molecule has 0 saturated carbocycles. The molecule has 0 unspecified atom stereocenters. The van der Waals surface area contributed by atoms with Crippen molar-refractivity contribution >= 4 is 16.9 Å². The molecule has 0 radical (unpaired) electrons. The summed E-state index contributed by atoms with van der Waals surface area (Å²) in [6.45, 7) is 1.21. The maximum atomic E-state index is 11.9. The zero-order chi connectivity index (χ0) is 14.7. The molecule has 2 aromatic rings. The minimum Gasteiger partial charge on any atom is -0.378 e. The smallest absolute Gasteiger partial charge is 0.323 e. The van der Waals surface area contributed by atoms with Crippen LogP contribution in [0.4, 0.5) is 0 Å². The van der Waals surface area contributed by atoms with Gasteiger partial charge >= 0.3 is 5.69 Å². The van der Waals surface area contributed by atoms with Crippen LogP contribution in [0.15, 0.2) is 23.0 Å². The Hall–Kier alpha value is -2.08. The van der Waals surface area contributed by atoms with Crippen molar-refractivity contribution in [3.8, 4) is 0 Å². The minimum absolute atomic E-state index is 0.00422. The molecule has 0 bridgehead atoms. The maximum absolute atomic E-state index is 11.9. The average Bonchev–Trinajstić information content (AvgIpc) is 2.85. The van der Waals surface area contributed by atoms with E-state index in [-0.39, 0.29) is 17.7 Å². The van der Waals surface area contributed by atoms with E-state index in [2.05, 4.69) is 15.3 Å². The van der Waals surface area contributed by atoms with Crippen molar-refractivity contribution in [3.63, 3.8) is 0 Å². The van der Waals surface area contributed by atoms with Gasteiger partial charge in [0.25, 0.3) is 0 Å².